The SMILES string of the molecule is CCCCCCC(=O)N1CCc2ccc(C(=O)O)cc21. The Morgan fingerprint density at radius 1 is 1.25 bits per heavy atom. The summed E-state index contributed by atoms with van der Waals surface area (Å²) in [5.41, 5.74) is 2.09. The number of carboxylic acid groups (broad SMARTS) is 1. The summed E-state index contributed by atoms with van der Waals surface area (Å²) in [4.78, 5) is 25.0. The van der Waals surface area contributed by atoms with E-state index in [1.165, 1.54) is 0 Å². The number of fused-ring (bicyclic) bond motifs is 1. The minimum Gasteiger partial charge on any atom is -0.478 e. The molecule has 4 nitrogen and oxygen atoms in total. The normalized spacial score (nSPS) is 13.3. The molecule has 0 bridgehead atoms. The van der Waals surface area contributed by atoms with Gasteiger partial charge < -0.3 is 10.0 Å². The zero-order chi connectivity index (χ0) is 14.5. The molecule has 0 saturated carbocycles. The fraction of sp³-hybridized carbons (Fsp3) is 0.500. The van der Waals surface area contributed by atoms with E-state index in [-0.39, 0.29) is 11.5 Å². The highest BCUT2D eigenvalue weighted by Gasteiger charge is 2.25. The van der Waals surface area contributed by atoms with Gasteiger partial charge in [-0.2, -0.15) is 0 Å². The van der Waals surface area contributed by atoms with E-state index in [1.54, 1.807) is 17.0 Å². The van der Waals surface area contributed by atoms with Gasteiger partial charge in [0.2, 0.25) is 5.91 Å². The van der Waals surface area contributed by atoms with Gasteiger partial charge in [0.1, 0.15) is 0 Å². The Morgan fingerprint density at radius 3 is 2.75 bits per heavy atom. The number of carboxylic acids is 1. The lowest BCUT2D eigenvalue weighted by Gasteiger charge is -2.17. The first-order valence-electron chi connectivity index (χ1n) is 7.30. The number of carbonyl (C=O) groups excluding carboxylic acids is 1. The third-order valence-corrected chi connectivity index (χ3v) is 3.77. The largest absolute Gasteiger partial charge is 0.478 e. The highest BCUT2D eigenvalue weighted by atomic mass is 16.4. The van der Waals surface area contributed by atoms with Gasteiger partial charge in [-0.1, -0.05) is 32.3 Å². The van der Waals surface area contributed by atoms with Crippen molar-refractivity contribution in [3.05, 3.63) is 29.3 Å². The lowest BCUT2D eigenvalue weighted by molar-refractivity contribution is -0.118. The average Bonchev–Trinajstić information content (AvgIpc) is 2.86. The van der Waals surface area contributed by atoms with Gasteiger partial charge in [-0.15, -0.1) is 0 Å². The van der Waals surface area contributed by atoms with E-state index >= 15 is 0 Å². The van der Waals surface area contributed by atoms with Gasteiger partial charge in [0, 0.05) is 18.7 Å². The number of amides is 1. The summed E-state index contributed by atoms with van der Waals surface area (Å²) in [6.45, 7) is 2.82. The molecule has 0 radical (unpaired) electrons. The number of nitrogens with zero attached hydrogens (tertiary/aromatic N) is 1. The Morgan fingerprint density at radius 2 is 2.05 bits per heavy atom. The van der Waals surface area contributed by atoms with Crippen LogP contribution in [0.25, 0.3) is 0 Å². The van der Waals surface area contributed by atoms with Crippen LogP contribution in [0.5, 0.6) is 0 Å². The summed E-state index contributed by atoms with van der Waals surface area (Å²) < 4.78 is 0. The quantitative estimate of drug-likeness (QED) is 0.811. The number of unbranched alkanes of at least 4 members (excludes halogenated alkanes) is 3. The van der Waals surface area contributed by atoms with Crippen molar-refractivity contribution in [3.63, 3.8) is 0 Å². The average molecular weight is 275 g/mol. The Bertz CT molecular complexity index is 510. The van der Waals surface area contributed by atoms with Crippen LogP contribution in [0.2, 0.25) is 0 Å². The number of aromatic carboxylic acids is 1. The third kappa shape index (κ3) is 3.18. The zero-order valence-electron chi connectivity index (χ0n) is 11.9. The van der Waals surface area contributed by atoms with Crippen molar-refractivity contribution in [3.8, 4) is 0 Å². The molecule has 0 atom stereocenters. The first kappa shape index (κ1) is 14.6. The maximum Gasteiger partial charge on any atom is 0.335 e. The fourth-order valence-electron chi connectivity index (χ4n) is 2.61. The maximum absolute atomic E-state index is 12.2. The summed E-state index contributed by atoms with van der Waals surface area (Å²) in [6, 6.07) is 5.05. The van der Waals surface area contributed by atoms with E-state index in [9.17, 15) is 9.59 Å². The van der Waals surface area contributed by atoms with Crippen molar-refractivity contribution in [2.75, 3.05) is 11.4 Å². The highest BCUT2D eigenvalue weighted by molar-refractivity contribution is 5.97. The van der Waals surface area contributed by atoms with Gasteiger partial charge in [0.25, 0.3) is 0 Å². The predicted octanol–water partition coefficient (Wildman–Crippen LogP) is 3.24. The molecule has 1 aromatic rings. The van der Waals surface area contributed by atoms with Gasteiger partial charge in [-0.3, -0.25) is 4.79 Å². The second kappa shape index (κ2) is 6.55. The summed E-state index contributed by atoms with van der Waals surface area (Å²) in [6.07, 6.45) is 5.68. The van der Waals surface area contributed by atoms with E-state index in [0.29, 0.717) is 13.0 Å². The van der Waals surface area contributed by atoms with Gasteiger partial charge >= 0.3 is 5.97 Å². The van der Waals surface area contributed by atoms with E-state index in [4.69, 9.17) is 5.11 Å². The molecule has 1 N–H and O–H groups in total. The molecule has 0 saturated heterocycles. The molecule has 0 aromatic heterocycles. The molecule has 1 aromatic carbocycles. The lowest BCUT2D eigenvalue weighted by Crippen LogP contribution is -2.28. The van der Waals surface area contributed by atoms with Gasteiger partial charge in [0.15, 0.2) is 0 Å². The monoisotopic (exact) mass is 275 g/mol. The second-order valence-electron chi connectivity index (χ2n) is 5.25. The molecule has 2 rings (SSSR count). The molecular formula is C16H21NO3. The van der Waals surface area contributed by atoms with Crippen LogP contribution in [0, 0.1) is 0 Å². The maximum atomic E-state index is 12.2. The van der Waals surface area contributed by atoms with Crippen LogP contribution in [-0.4, -0.2) is 23.5 Å². The number of hydrogen-bond acceptors (Lipinski definition) is 2. The van der Waals surface area contributed by atoms with Gasteiger partial charge in [-0.25, -0.2) is 4.79 Å². The fourth-order valence-corrected chi connectivity index (χ4v) is 2.61. The van der Waals surface area contributed by atoms with Crippen molar-refractivity contribution in [2.24, 2.45) is 0 Å². The van der Waals surface area contributed by atoms with Crippen LogP contribution in [0.15, 0.2) is 18.2 Å². The van der Waals surface area contributed by atoms with Crippen LogP contribution in [0.3, 0.4) is 0 Å². The summed E-state index contributed by atoms with van der Waals surface area (Å²) in [5.74, 6) is -0.836. The van der Waals surface area contributed by atoms with E-state index in [1.807, 2.05) is 6.07 Å². The van der Waals surface area contributed by atoms with E-state index in [0.717, 1.165) is 43.4 Å². The molecule has 0 spiro atoms. The molecule has 0 unspecified atom stereocenters. The number of benzene rings is 1. The summed E-state index contributed by atoms with van der Waals surface area (Å²) in [7, 11) is 0. The Kier molecular flexibility index (Phi) is 4.77. The molecule has 1 aliphatic heterocycles. The first-order chi connectivity index (χ1) is 9.63. The number of hydrogen-bond donors (Lipinski definition) is 1. The zero-order valence-corrected chi connectivity index (χ0v) is 11.9. The van der Waals surface area contributed by atoms with Crippen molar-refractivity contribution in [2.45, 2.75) is 45.4 Å². The number of carbonyl (C=O) groups is 2. The topological polar surface area (TPSA) is 57.6 Å². The smallest absolute Gasteiger partial charge is 0.335 e. The van der Waals surface area contributed by atoms with Crippen LogP contribution < -0.4 is 4.90 Å². The highest BCUT2D eigenvalue weighted by Crippen LogP contribution is 2.30. The molecule has 0 aliphatic carbocycles. The van der Waals surface area contributed by atoms with Crippen molar-refractivity contribution < 1.29 is 14.7 Å². The van der Waals surface area contributed by atoms with Gasteiger partial charge in [-0.05, 0) is 30.5 Å². The molecule has 1 aliphatic rings. The third-order valence-electron chi connectivity index (χ3n) is 3.77. The molecule has 4 heteroatoms. The first-order valence-corrected chi connectivity index (χ1v) is 7.30. The van der Waals surface area contributed by atoms with Crippen LogP contribution in [0.4, 0.5) is 5.69 Å². The number of anilines is 1. The van der Waals surface area contributed by atoms with Crippen molar-refractivity contribution >= 4 is 17.6 Å². The standard InChI is InChI=1S/C16H21NO3/c1-2-3-4-5-6-15(18)17-10-9-12-7-8-13(16(19)20)11-14(12)17/h7-8,11H,2-6,9-10H2,1H3,(H,19,20). The van der Waals surface area contributed by atoms with E-state index in [2.05, 4.69) is 6.92 Å². The predicted molar refractivity (Wildman–Crippen MR) is 78.2 cm³/mol. The molecule has 20 heavy (non-hydrogen) atoms. The van der Waals surface area contributed by atoms with Crippen LogP contribution >= 0.6 is 0 Å². The number of rotatable bonds is 6. The molecule has 108 valence electrons. The Balaban J connectivity index is 2.04. The molecule has 1 heterocycles. The van der Waals surface area contributed by atoms with Crippen LogP contribution in [-0.2, 0) is 11.2 Å². The summed E-state index contributed by atoms with van der Waals surface area (Å²) >= 11 is 0. The Hall–Kier alpha value is -1.84. The molecule has 0 fully saturated rings. The van der Waals surface area contributed by atoms with Crippen molar-refractivity contribution in [1.29, 1.82) is 0 Å². The van der Waals surface area contributed by atoms with Crippen molar-refractivity contribution in [1.82, 2.24) is 0 Å². The minimum atomic E-state index is -0.949. The summed E-state index contributed by atoms with van der Waals surface area (Å²) in [5, 5.41) is 9.04. The lowest BCUT2D eigenvalue weighted by atomic mass is 10.1. The molecular weight excluding hydrogens is 254 g/mol. The Labute approximate surface area is 119 Å². The second-order valence-corrected chi connectivity index (χ2v) is 5.25. The molecule has 1 amide bonds. The minimum absolute atomic E-state index is 0.113. The van der Waals surface area contributed by atoms with Gasteiger partial charge in [0.05, 0.1) is 5.56 Å². The van der Waals surface area contributed by atoms with Crippen LogP contribution in [0.1, 0.15) is 54.9 Å². The van der Waals surface area contributed by atoms with E-state index < -0.39 is 5.97 Å².